The van der Waals surface area contributed by atoms with Crippen molar-refractivity contribution in [1.29, 1.82) is 0 Å². The lowest BCUT2D eigenvalue weighted by atomic mass is 10.0. The summed E-state index contributed by atoms with van der Waals surface area (Å²) in [5.74, 6) is 0. The molecule has 104 valence electrons. The minimum absolute atomic E-state index is 0.296. The maximum absolute atomic E-state index is 6.02. The SMILES string of the molecule is Clc1ccc(C2[NH2+]Cc3ccccc3-n3cccc32)cc1. The van der Waals surface area contributed by atoms with Gasteiger partial charge in [0.15, 0.2) is 6.04 Å². The molecule has 21 heavy (non-hydrogen) atoms. The van der Waals surface area contributed by atoms with Gasteiger partial charge in [-0.15, -0.1) is 0 Å². The molecule has 0 radical (unpaired) electrons. The van der Waals surface area contributed by atoms with Gasteiger partial charge in [0.2, 0.25) is 0 Å². The Balaban J connectivity index is 1.85. The summed E-state index contributed by atoms with van der Waals surface area (Å²) >= 11 is 6.02. The van der Waals surface area contributed by atoms with E-state index in [2.05, 4.69) is 64.6 Å². The lowest BCUT2D eigenvalue weighted by Crippen LogP contribution is -2.83. The number of para-hydroxylation sites is 1. The molecular formula is C18H16ClN2+. The summed E-state index contributed by atoms with van der Waals surface area (Å²) in [6.07, 6.45) is 2.15. The van der Waals surface area contributed by atoms with Gasteiger partial charge in [0.05, 0.1) is 11.4 Å². The maximum atomic E-state index is 6.02. The standard InChI is InChI=1S/C18H15ClN2/c19-15-9-7-13(8-10-15)18-17-6-3-11-21(17)16-5-2-1-4-14(16)12-20-18/h1-11,18,20H,12H2/p+1. The van der Waals surface area contributed by atoms with E-state index in [-0.39, 0.29) is 0 Å². The predicted octanol–water partition coefficient (Wildman–Crippen LogP) is 3.30. The average Bonchev–Trinajstić information content (AvgIpc) is 2.93. The first kappa shape index (κ1) is 12.7. The minimum Gasteiger partial charge on any atom is -0.331 e. The molecule has 2 heterocycles. The minimum atomic E-state index is 0.296. The molecule has 1 unspecified atom stereocenters. The van der Waals surface area contributed by atoms with E-state index in [0.29, 0.717) is 6.04 Å². The highest BCUT2D eigenvalue weighted by Crippen LogP contribution is 2.27. The molecule has 0 amide bonds. The van der Waals surface area contributed by atoms with Crippen LogP contribution in [0.3, 0.4) is 0 Å². The Kier molecular flexibility index (Phi) is 3.06. The van der Waals surface area contributed by atoms with Crippen LogP contribution in [0, 0.1) is 0 Å². The van der Waals surface area contributed by atoms with E-state index in [1.54, 1.807) is 0 Å². The molecule has 3 aromatic rings. The van der Waals surface area contributed by atoms with Crippen molar-refractivity contribution in [2.45, 2.75) is 12.6 Å². The quantitative estimate of drug-likeness (QED) is 0.711. The third-order valence-corrected chi connectivity index (χ3v) is 4.40. The van der Waals surface area contributed by atoms with E-state index < -0.39 is 0 Å². The van der Waals surface area contributed by atoms with Gasteiger partial charge in [0.25, 0.3) is 0 Å². The first-order valence-electron chi connectivity index (χ1n) is 7.17. The molecule has 1 aliphatic heterocycles. The van der Waals surface area contributed by atoms with E-state index >= 15 is 0 Å². The van der Waals surface area contributed by atoms with E-state index in [9.17, 15) is 0 Å². The van der Waals surface area contributed by atoms with Crippen LogP contribution in [0.1, 0.15) is 22.9 Å². The molecule has 2 aromatic carbocycles. The van der Waals surface area contributed by atoms with Crippen LogP contribution in [0.15, 0.2) is 66.9 Å². The molecule has 2 N–H and O–H groups in total. The fourth-order valence-electron chi connectivity index (χ4n) is 3.13. The second kappa shape index (κ2) is 5.06. The molecule has 0 bridgehead atoms. The van der Waals surface area contributed by atoms with E-state index in [1.165, 1.54) is 22.5 Å². The highest BCUT2D eigenvalue weighted by atomic mass is 35.5. The van der Waals surface area contributed by atoms with Crippen molar-refractivity contribution in [2.24, 2.45) is 0 Å². The number of nitrogens with two attached hydrogens (primary N) is 1. The maximum Gasteiger partial charge on any atom is 0.153 e. The molecule has 3 heteroatoms. The Morgan fingerprint density at radius 3 is 2.62 bits per heavy atom. The monoisotopic (exact) mass is 295 g/mol. The number of nitrogens with zero attached hydrogens (tertiary/aromatic N) is 1. The first-order chi connectivity index (χ1) is 10.3. The van der Waals surface area contributed by atoms with Crippen molar-refractivity contribution in [3.8, 4) is 5.69 Å². The highest BCUT2D eigenvalue weighted by molar-refractivity contribution is 6.30. The molecule has 1 atom stereocenters. The van der Waals surface area contributed by atoms with Crippen LogP contribution < -0.4 is 5.32 Å². The average molecular weight is 296 g/mol. The molecule has 0 fully saturated rings. The molecule has 2 nitrogen and oxygen atoms in total. The number of benzene rings is 2. The van der Waals surface area contributed by atoms with Crippen LogP contribution in [0.25, 0.3) is 5.69 Å². The fourth-order valence-corrected chi connectivity index (χ4v) is 3.25. The third-order valence-electron chi connectivity index (χ3n) is 4.15. The van der Waals surface area contributed by atoms with Crippen molar-refractivity contribution in [1.82, 2.24) is 4.57 Å². The summed E-state index contributed by atoms with van der Waals surface area (Å²) in [4.78, 5) is 0. The number of fused-ring (bicyclic) bond motifs is 3. The smallest absolute Gasteiger partial charge is 0.153 e. The summed E-state index contributed by atoms with van der Waals surface area (Å²) in [6.45, 7) is 0.977. The first-order valence-corrected chi connectivity index (χ1v) is 7.55. The van der Waals surface area contributed by atoms with Crippen LogP contribution >= 0.6 is 11.6 Å². The normalized spacial score (nSPS) is 16.9. The Hall–Kier alpha value is -2.03. The summed E-state index contributed by atoms with van der Waals surface area (Å²) in [5, 5.41) is 3.17. The lowest BCUT2D eigenvalue weighted by Gasteiger charge is -2.15. The van der Waals surface area contributed by atoms with Gasteiger partial charge in [0.1, 0.15) is 6.54 Å². The van der Waals surface area contributed by atoms with Crippen LogP contribution in [0.2, 0.25) is 5.02 Å². The molecule has 4 rings (SSSR count). The van der Waals surface area contributed by atoms with E-state index in [4.69, 9.17) is 11.6 Å². The molecule has 0 saturated heterocycles. The summed E-state index contributed by atoms with van der Waals surface area (Å²) in [6, 6.07) is 21.4. The van der Waals surface area contributed by atoms with Crippen molar-refractivity contribution < 1.29 is 5.32 Å². The Morgan fingerprint density at radius 1 is 0.952 bits per heavy atom. The van der Waals surface area contributed by atoms with Crippen molar-refractivity contribution in [2.75, 3.05) is 0 Å². The molecular weight excluding hydrogens is 280 g/mol. The topological polar surface area (TPSA) is 21.5 Å². The number of rotatable bonds is 1. The lowest BCUT2D eigenvalue weighted by molar-refractivity contribution is -0.702. The van der Waals surface area contributed by atoms with Crippen LogP contribution in [-0.4, -0.2) is 4.57 Å². The molecule has 0 spiro atoms. The molecule has 1 aromatic heterocycles. The summed E-state index contributed by atoms with van der Waals surface area (Å²) in [5.41, 5.74) is 5.24. The van der Waals surface area contributed by atoms with Gasteiger partial charge in [-0.2, -0.15) is 0 Å². The highest BCUT2D eigenvalue weighted by Gasteiger charge is 2.25. The number of aromatic nitrogens is 1. The largest absolute Gasteiger partial charge is 0.331 e. The number of hydrogen-bond donors (Lipinski definition) is 1. The fraction of sp³-hybridized carbons (Fsp3) is 0.111. The Bertz CT molecular complexity index is 774. The van der Waals surface area contributed by atoms with Gasteiger partial charge in [-0.05, 0) is 30.3 Å². The van der Waals surface area contributed by atoms with Gasteiger partial charge in [-0.25, -0.2) is 0 Å². The second-order valence-electron chi connectivity index (χ2n) is 5.40. The Morgan fingerprint density at radius 2 is 1.76 bits per heavy atom. The number of quaternary nitrogens is 1. The van der Waals surface area contributed by atoms with Crippen LogP contribution in [0.5, 0.6) is 0 Å². The van der Waals surface area contributed by atoms with E-state index in [1.807, 2.05) is 12.1 Å². The Labute approximate surface area is 129 Å². The summed E-state index contributed by atoms with van der Waals surface area (Å²) in [7, 11) is 0. The molecule has 0 aliphatic carbocycles. The predicted molar refractivity (Wildman–Crippen MR) is 84.7 cm³/mol. The zero-order chi connectivity index (χ0) is 14.2. The van der Waals surface area contributed by atoms with Gasteiger partial charge < -0.3 is 9.88 Å². The van der Waals surface area contributed by atoms with Crippen LogP contribution in [-0.2, 0) is 6.54 Å². The zero-order valence-corrected chi connectivity index (χ0v) is 12.3. The van der Waals surface area contributed by atoms with Crippen LogP contribution in [0.4, 0.5) is 0 Å². The van der Waals surface area contributed by atoms with Crippen molar-refractivity contribution in [3.63, 3.8) is 0 Å². The second-order valence-corrected chi connectivity index (χ2v) is 5.84. The number of halogens is 1. The van der Waals surface area contributed by atoms with Gasteiger partial charge in [-0.1, -0.05) is 41.9 Å². The molecule has 0 saturated carbocycles. The zero-order valence-electron chi connectivity index (χ0n) is 11.5. The number of hydrogen-bond acceptors (Lipinski definition) is 0. The third kappa shape index (κ3) is 2.17. The van der Waals surface area contributed by atoms with E-state index in [0.717, 1.165) is 11.6 Å². The van der Waals surface area contributed by atoms with Gasteiger partial charge >= 0.3 is 0 Å². The van der Waals surface area contributed by atoms with Gasteiger partial charge in [-0.3, -0.25) is 0 Å². The summed E-state index contributed by atoms with van der Waals surface area (Å²) < 4.78 is 2.30. The van der Waals surface area contributed by atoms with Crippen molar-refractivity contribution >= 4 is 11.6 Å². The van der Waals surface area contributed by atoms with Gasteiger partial charge in [0, 0.05) is 22.3 Å². The van der Waals surface area contributed by atoms with Crippen molar-refractivity contribution in [3.05, 3.63) is 88.7 Å². The molecule has 1 aliphatic rings.